The topological polar surface area (TPSA) is 56.7 Å². The Labute approximate surface area is 103 Å². The van der Waals surface area contributed by atoms with Crippen LogP contribution in [-0.4, -0.2) is 14.5 Å². The summed E-state index contributed by atoms with van der Waals surface area (Å²) in [5, 5.41) is 0. The minimum atomic E-state index is -0.381. The van der Waals surface area contributed by atoms with E-state index in [1.807, 2.05) is 19.2 Å². The lowest BCUT2D eigenvalue weighted by Gasteiger charge is -2.06. The number of halogens is 1. The van der Waals surface area contributed by atoms with Crippen molar-refractivity contribution >= 4 is 16.9 Å². The molecule has 3 aromatic rings. The second-order valence-corrected chi connectivity index (χ2v) is 4.04. The third-order valence-electron chi connectivity index (χ3n) is 2.93. The van der Waals surface area contributed by atoms with E-state index in [4.69, 9.17) is 5.73 Å². The van der Waals surface area contributed by atoms with Gasteiger partial charge in [0.05, 0.1) is 11.1 Å². The molecule has 0 aliphatic rings. The van der Waals surface area contributed by atoms with Gasteiger partial charge in [0.15, 0.2) is 5.65 Å². The van der Waals surface area contributed by atoms with Gasteiger partial charge in [-0.3, -0.25) is 0 Å². The number of nitrogen functional groups attached to an aromatic ring is 1. The number of pyridine rings is 1. The van der Waals surface area contributed by atoms with Crippen molar-refractivity contribution in [3.05, 3.63) is 42.3 Å². The van der Waals surface area contributed by atoms with Gasteiger partial charge in [-0.2, -0.15) is 0 Å². The first kappa shape index (κ1) is 10.7. The summed E-state index contributed by atoms with van der Waals surface area (Å²) in [5.41, 5.74) is 7.94. The van der Waals surface area contributed by atoms with E-state index in [0.29, 0.717) is 22.7 Å². The van der Waals surface area contributed by atoms with Crippen molar-refractivity contribution in [2.24, 2.45) is 7.05 Å². The minimum absolute atomic E-state index is 0.318. The average molecular weight is 242 g/mol. The van der Waals surface area contributed by atoms with Crippen molar-refractivity contribution in [3.8, 4) is 11.4 Å². The summed E-state index contributed by atoms with van der Waals surface area (Å²) in [6, 6.07) is 8.31. The van der Waals surface area contributed by atoms with Crippen LogP contribution in [0.2, 0.25) is 0 Å². The van der Waals surface area contributed by atoms with Crippen LogP contribution in [0.3, 0.4) is 0 Å². The smallest absolute Gasteiger partial charge is 0.178 e. The molecule has 3 rings (SSSR count). The maximum atomic E-state index is 13.9. The fourth-order valence-electron chi connectivity index (χ4n) is 2.03. The van der Waals surface area contributed by atoms with Crippen LogP contribution < -0.4 is 5.73 Å². The molecule has 0 bridgehead atoms. The van der Waals surface area contributed by atoms with Crippen LogP contribution in [0.15, 0.2) is 36.5 Å². The molecule has 90 valence electrons. The van der Waals surface area contributed by atoms with E-state index in [9.17, 15) is 4.39 Å². The third kappa shape index (κ3) is 1.44. The van der Waals surface area contributed by atoms with Gasteiger partial charge in [-0.15, -0.1) is 0 Å². The van der Waals surface area contributed by atoms with Crippen molar-refractivity contribution in [3.63, 3.8) is 0 Å². The quantitative estimate of drug-likeness (QED) is 0.666. The van der Waals surface area contributed by atoms with Gasteiger partial charge in [-0.25, -0.2) is 14.4 Å². The molecule has 0 unspecified atom stereocenters. The van der Waals surface area contributed by atoms with E-state index < -0.39 is 0 Å². The Hall–Kier alpha value is -2.43. The number of benzene rings is 1. The monoisotopic (exact) mass is 242 g/mol. The Morgan fingerprint density at radius 3 is 2.78 bits per heavy atom. The molecule has 18 heavy (non-hydrogen) atoms. The fraction of sp³-hybridized carbons (Fsp3) is 0.0769. The number of nitrogens with two attached hydrogens (primary N) is 1. The molecule has 2 heterocycles. The molecular formula is C13H11FN4. The first-order chi connectivity index (χ1) is 8.68. The highest BCUT2D eigenvalue weighted by molar-refractivity contribution is 5.81. The predicted molar refractivity (Wildman–Crippen MR) is 68.3 cm³/mol. The average Bonchev–Trinajstić information content (AvgIpc) is 2.68. The van der Waals surface area contributed by atoms with Gasteiger partial charge in [0.2, 0.25) is 0 Å². The predicted octanol–water partition coefficient (Wildman–Crippen LogP) is 2.36. The molecule has 0 aliphatic heterocycles. The second kappa shape index (κ2) is 3.80. The molecule has 0 saturated carbocycles. The Bertz CT molecular complexity index is 713. The molecule has 2 N–H and O–H groups in total. The number of aryl methyl sites for hydroxylation is 1. The molecule has 0 radical (unpaired) electrons. The Morgan fingerprint density at radius 2 is 2.06 bits per heavy atom. The van der Waals surface area contributed by atoms with Gasteiger partial charge in [0.1, 0.15) is 11.6 Å². The van der Waals surface area contributed by atoms with E-state index >= 15 is 0 Å². The first-order valence-electron chi connectivity index (χ1n) is 5.50. The van der Waals surface area contributed by atoms with Crippen molar-refractivity contribution in [1.82, 2.24) is 14.5 Å². The molecule has 0 aliphatic carbocycles. The van der Waals surface area contributed by atoms with Crippen molar-refractivity contribution in [2.45, 2.75) is 0 Å². The summed E-state index contributed by atoms with van der Waals surface area (Å²) in [5.74, 6) is 0.104. The maximum absolute atomic E-state index is 13.9. The molecule has 4 nitrogen and oxygen atoms in total. The molecule has 0 atom stereocenters. The zero-order chi connectivity index (χ0) is 12.7. The van der Waals surface area contributed by atoms with Gasteiger partial charge < -0.3 is 10.3 Å². The highest BCUT2D eigenvalue weighted by Crippen LogP contribution is 2.29. The Balaban J connectivity index is 2.36. The Morgan fingerprint density at radius 1 is 1.22 bits per heavy atom. The molecular weight excluding hydrogens is 231 g/mol. The number of rotatable bonds is 1. The molecule has 2 aromatic heterocycles. The van der Waals surface area contributed by atoms with Crippen molar-refractivity contribution < 1.29 is 4.39 Å². The van der Waals surface area contributed by atoms with Gasteiger partial charge in [-0.05, 0) is 24.3 Å². The van der Waals surface area contributed by atoms with Crippen LogP contribution in [0.1, 0.15) is 0 Å². The summed E-state index contributed by atoms with van der Waals surface area (Å²) in [4.78, 5) is 8.49. The molecule has 0 amide bonds. The van der Waals surface area contributed by atoms with E-state index in [0.717, 1.165) is 5.52 Å². The number of aromatic nitrogens is 3. The lowest BCUT2D eigenvalue weighted by molar-refractivity contribution is 0.629. The van der Waals surface area contributed by atoms with Crippen molar-refractivity contribution in [1.29, 1.82) is 0 Å². The normalized spacial score (nSPS) is 11.0. The number of hydrogen-bond acceptors (Lipinski definition) is 3. The molecule has 0 spiro atoms. The van der Waals surface area contributed by atoms with Crippen LogP contribution in [-0.2, 0) is 7.05 Å². The first-order valence-corrected chi connectivity index (χ1v) is 5.50. The summed E-state index contributed by atoms with van der Waals surface area (Å²) < 4.78 is 15.7. The highest BCUT2D eigenvalue weighted by atomic mass is 19.1. The molecule has 1 aromatic carbocycles. The zero-order valence-corrected chi connectivity index (χ0v) is 9.76. The largest absolute Gasteiger partial charge is 0.398 e. The van der Waals surface area contributed by atoms with E-state index in [1.54, 1.807) is 22.9 Å². The maximum Gasteiger partial charge on any atom is 0.178 e. The second-order valence-electron chi connectivity index (χ2n) is 4.04. The summed E-state index contributed by atoms with van der Waals surface area (Å²) >= 11 is 0. The lowest BCUT2D eigenvalue weighted by atomic mass is 10.1. The number of anilines is 1. The van der Waals surface area contributed by atoms with Crippen LogP contribution in [0.25, 0.3) is 22.6 Å². The van der Waals surface area contributed by atoms with Gasteiger partial charge in [0.25, 0.3) is 0 Å². The number of nitrogens with zero attached hydrogens (tertiary/aromatic N) is 3. The summed E-state index contributed by atoms with van der Waals surface area (Å²) in [7, 11) is 1.82. The zero-order valence-electron chi connectivity index (χ0n) is 9.76. The number of hydrogen-bond donors (Lipinski definition) is 1. The molecule has 5 heteroatoms. The summed E-state index contributed by atoms with van der Waals surface area (Å²) in [6.45, 7) is 0. The minimum Gasteiger partial charge on any atom is -0.398 e. The third-order valence-corrected chi connectivity index (χ3v) is 2.93. The lowest BCUT2D eigenvalue weighted by Crippen LogP contribution is -1.99. The van der Waals surface area contributed by atoms with E-state index in [2.05, 4.69) is 9.97 Å². The van der Waals surface area contributed by atoms with Crippen molar-refractivity contribution in [2.75, 3.05) is 5.73 Å². The van der Waals surface area contributed by atoms with E-state index in [-0.39, 0.29) is 5.82 Å². The fourth-order valence-corrected chi connectivity index (χ4v) is 2.03. The van der Waals surface area contributed by atoms with Crippen LogP contribution >= 0.6 is 0 Å². The number of fused-ring (bicyclic) bond motifs is 1. The highest BCUT2D eigenvalue weighted by Gasteiger charge is 2.16. The van der Waals surface area contributed by atoms with Crippen LogP contribution in [0, 0.1) is 5.82 Å². The van der Waals surface area contributed by atoms with E-state index in [1.165, 1.54) is 6.07 Å². The van der Waals surface area contributed by atoms with Crippen LogP contribution in [0.4, 0.5) is 10.1 Å². The molecule has 0 saturated heterocycles. The van der Waals surface area contributed by atoms with Gasteiger partial charge >= 0.3 is 0 Å². The summed E-state index contributed by atoms with van der Waals surface area (Å²) in [6.07, 6.45) is 1.66. The van der Waals surface area contributed by atoms with Crippen LogP contribution in [0.5, 0.6) is 0 Å². The molecule has 0 fully saturated rings. The van der Waals surface area contributed by atoms with Gasteiger partial charge in [0, 0.05) is 18.9 Å². The standard InChI is InChI=1S/C13H11FN4/c1-18-10-6-3-7-16-12(10)17-13(18)11-8(14)4-2-5-9(11)15/h2-7H,15H2,1H3. The van der Waals surface area contributed by atoms with Gasteiger partial charge in [-0.1, -0.05) is 6.07 Å². The SMILES string of the molecule is Cn1c(-c2c(N)cccc2F)nc2ncccc21. The Kier molecular flexibility index (Phi) is 2.26. The number of imidazole rings is 1.